The van der Waals surface area contributed by atoms with Gasteiger partial charge in [0.2, 0.25) is 0 Å². The van der Waals surface area contributed by atoms with Crippen LogP contribution in [0.2, 0.25) is 0 Å². The van der Waals surface area contributed by atoms with Crippen molar-refractivity contribution in [1.29, 1.82) is 0 Å². The van der Waals surface area contributed by atoms with E-state index in [1.165, 1.54) is 203 Å². The van der Waals surface area contributed by atoms with Gasteiger partial charge in [-0.25, -0.2) is 0 Å². The van der Waals surface area contributed by atoms with E-state index >= 15 is 0 Å². The van der Waals surface area contributed by atoms with Crippen LogP contribution in [0.4, 0.5) is 0 Å². The zero-order chi connectivity index (χ0) is 43.0. The molecular formula is C60H71N3. The zero-order valence-electron chi connectivity index (χ0n) is 38.7. The molecule has 6 aromatic carbocycles. The molecule has 0 aliphatic heterocycles. The Balaban J connectivity index is 1.08. The third kappa shape index (κ3) is 9.09. The highest BCUT2D eigenvalue weighted by Gasteiger charge is 2.17. The second-order valence-corrected chi connectivity index (χ2v) is 18.7. The number of para-hydroxylation sites is 2. The highest BCUT2D eigenvalue weighted by Crippen LogP contribution is 2.39. The summed E-state index contributed by atoms with van der Waals surface area (Å²) in [4.78, 5) is 0. The van der Waals surface area contributed by atoms with Gasteiger partial charge in [0.15, 0.2) is 0 Å². The molecule has 0 saturated heterocycles. The molecule has 0 spiro atoms. The summed E-state index contributed by atoms with van der Waals surface area (Å²) in [5, 5.41) is 8.18. The molecule has 9 aromatic rings. The Morgan fingerprint density at radius 1 is 0.254 bits per heavy atom. The first-order valence-corrected chi connectivity index (χ1v) is 25.3. The first-order chi connectivity index (χ1) is 31.2. The lowest BCUT2D eigenvalue weighted by atomic mass is 9.98. The number of nitrogens with zero attached hydrogens (tertiary/aromatic N) is 3. The van der Waals surface area contributed by atoms with Crippen LogP contribution in [-0.2, 0) is 19.6 Å². The van der Waals surface area contributed by atoms with Crippen molar-refractivity contribution in [2.45, 2.75) is 156 Å². The zero-order valence-corrected chi connectivity index (χ0v) is 38.7. The van der Waals surface area contributed by atoms with E-state index in [9.17, 15) is 0 Å². The molecule has 3 nitrogen and oxygen atoms in total. The Hall–Kier alpha value is -5.28. The molecule has 0 N–H and O–H groups in total. The second-order valence-electron chi connectivity index (χ2n) is 18.7. The van der Waals surface area contributed by atoms with Crippen molar-refractivity contribution in [3.8, 4) is 22.3 Å². The van der Waals surface area contributed by atoms with Crippen molar-refractivity contribution < 1.29 is 0 Å². The van der Waals surface area contributed by atoms with Crippen LogP contribution in [0.25, 0.3) is 87.7 Å². The Morgan fingerprint density at radius 3 is 0.825 bits per heavy atom. The van der Waals surface area contributed by atoms with Gasteiger partial charge in [0, 0.05) is 85.1 Å². The van der Waals surface area contributed by atoms with Gasteiger partial charge in [0.05, 0.1) is 0 Å². The van der Waals surface area contributed by atoms with Gasteiger partial charge in [-0.05, 0) is 102 Å². The van der Waals surface area contributed by atoms with Crippen LogP contribution in [0.5, 0.6) is 0 Å². The number of aryl methyl sites for hydroxylation is 3. The van der Waals surface area contributed by atoms with Gasteiger partial charge in [-0.2, -0.15) is 0 Å². The number of aromatic nitrogens is 3. The van der Waals surface area contributed by atoms with E-state index in [0.717, 1.165) is 19.6 Å². The fourth-order valence-electron chi connectivity index (χ4n) is 10.8. The molecular weight excluding hydrogens is 763 g/mol. The molecule has 0 amide bonds. The lowest BCUT2D eigenvalue weighted by molar-refractivity contribution is 0.571. The van der Waals surface area contributed by atoms with Crippen LogP contribution in [0.3, 0.4) is 0 Å². The van der Waals surface area contributed by atoms with Crippen LogP contribution in [-0.4, -0.2) is 13.7 Å². The summed E-state index contributed by atoms with van der Waals surface area (Å²) in [6, 6.07) is 47.2. The molecule has 0 saturated carbocycles. The Kier molecular flexibility index (Phi) is 14.0. The summed E-state index contributed by atoms with van der Waals surface area (Å²) < 4.78 is 7.79. The summed E-state index contributed by atoms with van der Waals surface area (Å²) in [5.74, 6) is 0. The SMILES string of the molecule is CCCCCCCCn1c2ccccc2c2cc(-c3ccc4c(c3)c3cc(-c5ccc6c(c5)c5ccccc5n6CCCCCCCC)ccc3n4CCCCCCCC)ccc21. The minimum Gasteiger partial charge on any atom is -0.340 e. The first-order valence-electron chi connectivity index (χ1n) is 25.3. The molecule has 0 aliphatic carbocycles. The predicted octanol–water partition coefficient (Wildman–Crippen LogP) is 18.4. The lowest BCUT2D eigenvalue weighted by Gasteiger charge is -2.10. The Bertz CT molecular complexity index is 2740. The predicted molar refractivity (Wildman–Crippen MR) is 276 cm³/mol. The van der Waals surface area contributed by atoms with Gasteiger partial charge in [-0.1, -0.05) is 178 Å². The molecule has 0 fully saturated rings. The number of rotatable bonds is 23. The maximum Gasteiger partial charge on any atom is 0.0491 e. The van der Waals surface area contributed by atoms with Crippen molar-refractivity contribution >= 4 is 65.4 Å². The minimum absolute atomic E-state index is 1.05. The number of hydrogen-bond acceptors (Lipinski definition) is 0. The first kappa shape index (κ1) is 43.0. The van der Waals surface area contributed by atoms with Crippen LogP contribution in [0.1, 0.15) is 136 Å². The molecule has 0 bridgehead atoms. The van der Waals surface area contributed by atoms with Gasteiger partial charge < -0.3 is 13.7 Å². The molecule has 0 atom stereocenters. The van der Waals surface area contributed by atoms with E-state index in [1.54, 1.807) is 0 Å². The fraction of sp³-hybridized carbons (Fsp3) is 0.400. The van der Waals surface area contributed by atoms with Crippen molar-refractivity contribution in [2.75, 3.05) is 0 Å². The van der Waals surface area contributed by atoms with Gasteiger partial charge in [0.25, 0.3) is 0 Å². The van der Waals surface area contributed by atoms with E-state index in [1.807, 2.05) is 0 Å². The molecule has 0 aliphatic rings. The number of benzene rings is 6. The molecule has 326 valence electrons. The van der Waals surface area contributed by atoms with Gasteiger partial charge in [-0.15, -0.1) is 0 Å². The van der Waals surface area contributed by atoms with Crippen molar-refractivity contribution in [3.05, 3.63) is 121 Å². The van der Waals surface area contributed by atoms with E-state index in [-0.39, 0.29) is 0 Å². The largest absolute Gasteiger partial charge is 0.340 e. The van der Waals surface area contributed by atoms with E-state index < -0.39 is 0 Å². The summed E-state index contributed by atoms with van der Waals surface area (Å²) >= 11 is 0. The normalized spacial score (nSPS) is 12.1. The summed E-state index contributed by atoms with van der Waals surface area (Å²) in [5.41, 5.74) is 13.3. The smallest absolute Gasteiger partial charge is 0.0491 e. The van der Waals surface area contributed by atoms with Gasteiger partial charge in [-0.3, -0.25) is 0 Å². The number of hydrogen-bond donors (Lipinski definition) is 0. The van der Waals surface area contributed by atoms with E-state index in [2.05, 4.69) is 156 Å². The van der Waals surface area contributed by atoms with Crippen molar-refractivity contribution in [2.24, 2.45) is 0 Å². The fourth-order valence-corrected chi connectivity index (χ4v) is 10.8. The van der Waals surface area contributed by atoms with E-state index in [4.69, 9.17) is 0 Å². The van der Waals surface area contributed by atoms with E-state index in [0.29, 0.717) is 0 Å². The van der Waals surface area contributed by atoms with Gasteiger partial charge >= 0.3 is 0 Å². The van der Waals surface area contributed by atoms with Crippen molar-refractivity contribution in [3.63, 3.8) is 0 Å². The monoisotopic (exact) mass is 834 g/mol. The van der Waals surface area contributed by atoms with Gasteiger partial charge in [0.1, 0.15) is 0 Å². The second kappa shape index (κ2) is 20.5. The highest BCUT2D eigenvalue weighted by molar-refractivity contribution is 6.13. The van der Waals surface area contributed by atoms with Crippen LogP contribution in [0.15, 0.2) is 121 Å². The highest BCUT2D eigenvalue weighted by atomic mass is 15.0. The summed E-state index contributed by atoms with van der Waals surface area (Å²) in [6.45, 7) is 10.1. The topological polar surface area (TPSA) is 14.8 Å². The van der Waals surface area contributed by atoms with Crippen molar-refractivity contribution in [1.82, 2.24) is 13.7 Å². The quantitative estimate of drug-likeness (QED) is 0.0570. The standard InChI is InChI=1S/C60H71N3/c1-4-7-10-13-16-23-38-61-55-28-21-19-26-49(55)51-41-45(30-34-57(51)61)47-32-36-59-53(43-47)54-44-48(33-37-60(54)63(59)40-25-18-15-12-9-6-3)46-31-35-58-52(42-46)50-27-20-22-29-56(50)62(58)39-24-17-14-11-8-5-2/h19-22,26-37,41-44H,4-18,23-25,38-40H2,1-3H3. The van der Waals surface area contributed by atoms with Crippen LogP contribution in [0, 0.1) is 0 Å². The Morgan fingerprint density at radius 2 is 0.508 bits per heavy atom. The minimum atomic E-state index is 1.05. The molecule has 0 radical (unpaired) electrons. The molecule has 63 heavy (non-hydrogen) atoms. The van der Waals surface area contributed by atoms with Crippen LogP contribution >= 0.6 is 0 Å². The molecule has 9 rings (SSSR count). The third-order valence-electron chi connectivity index (χ3n) is 14.3. The molecule has 3 heterocycles. The number of unbranched alkanes of at least 4 members (excludes halogenated alkanes) is 15. The molecule has 0 unspecified atom stereocenters. The number of fused-ring (bicyclic) bond motifs is 9. The maximum atomic E-state index is 2.62. The summed E-state index contributed by atoms with van der Waals surface area (Å²) in [7, 11) is 0. The maximum absolute atomic E-state index is 2.62. The third-order valence-corrected chi connectivity index (χ3v) is 14.3. The summed E-state index contributed by atoms with van der Waals surface area (Å²) in [6.07, 6.45) is 23.6. The lowest BCUT2D eigenvalue weighted by Crippen LogP contribution is -1.98. The average molecular weight is 834 g/mol. The van der Waals surface area contributed by atoms with Crippen LogP contribution < -0.4 is 0 Å². The Labute approximate surface area is 377 Å². The molecule has 3 aromatic heterocycles. The average Bonchev–Trinajstić information content (AvgIpc) is 3.93. The molecule has 3 heteroatoms.